The molecule has 1 N–H and O–H groups in total. The molecule has 0 aromatic carbocycles. The highest BCUT2D eigenvalue weighted by molar-refractivity contribution is 5.02. The molecule has 0 spiro atoms. The molecular weight excluding hydrogens is 128 g/mol. The number of imidazole rings is 1. The largest absolute Gasteiger partial charge is 0.375 e. The third-order valence-corrected chi connectivity index (χ3v) is 1.51. The molecule has 0 saturated carbocycles. The van der Waals surface area contributed by atoms with Gasteiger partial charge in [0.25, 0.3) is 0 Å². The van der Waals surface area contributed by atoms with Gasteiger partial charge >= 0.3 is 0 Å². The van der Waals surface area contributed by atoms with Gasteiger partial charge in [0.15, 0.2) is 0 Å². The maximum Gasteiger partial charge on any atom is 0.103 e. The van der Waals surface area contributed by atoms with Gasteiger partial charge in [-0.15, -0.1) is 0 Å². The number of nitrogens with one attached hydrogen (secondary N) is 1. The van der Waals surface area contributed by atoms with Crippen molar-refractivity contribution in [2.45, 2.75) is 20.0 Å². The van der Waals surface area contributed by atoms with Crippen LogP contribution in [0.2, 0.25) is 0 Å². The summed E-state index contributed by atoms with van der Waals surface area (Å²) in [4.78, 5) is 7.14. The quantitative estimate of drug-likeness (QED) is 0.674. The van der Waals surface area contributed by atoms with E-state index in [9.17, 15) is 0 Å². The van der Waals surface area contributed by atoms with Crippen LogP contribution in [0.1, 0.15) is 24.5 Å². The summed E-state index contributed by atoms with van der Waals surface area (Å²) in [6.07, 6.45) is 1.91. The van der Waals surface area contributed by atoms with Crippen molar-refractivity contribution >= 4 is 0 Å². The predicted octanol–water partition coefficient (Wildman–Crippen LogP) is 1.43. The highest BCUT2D eigenvalue weighted by Gasteiger charge is 2.04. The van der Waals surface area contributed by atoms with Gasteiger partial charge in [-0.25, -0.2) is 4.98 Å². The van der Waals surface area contributed by atoms with Gasteiger partial charge in [-0.1, -0.05) is 0 Å². The Labute approximate surface area is 60.4 Å². The van der Waals surface area contributed by atoms with E-state index >= 15 is 0 Å². The maximum atomic E-state index is 5.08. The number of methoxy groups -OCH3 is 1. The van der Waals surface area contributed by atoms with Gasteiger partial charge in [0, 0.05) is 7.11 Å². The summed E-state index contributed by atoms with van der Waals surface area (Å²) in [5.41, 5.74) is 1.03. The minimum Gasteiger partial charge on any atom is -0.375 e. The average molecular weight is 140 g/mol. The second-order valence-electron chi connectivity index (χ2n) is 2.30. The predicted molar refractivity (Wildman–Crippen MR) is 38.7 cm³/mol. The SMILES string of the molecule is COC(C)c1cnc(C)[nH]1. The first-order valence-corrected chi connectivity index (χ1v) is 3.28. The number of ether oxygens (including phenoxy) is 1. The van der Waals surface area contributed by atoms with E-state index in [-0.39, 0.29) is 6.10 Å². The van der Waals surface area contributed by atoms with Gasteiger partial charge in [-0.05, 0) is 13.8 Å². The average Bonchev–Trinajstić information content (AvgIpc) is 2.34. The standard InChI is InChI=1S/C7H12N2O/c1-5(10-3)7-4-8-6(2)9-7/h4-5H,1-3H3,(H,8,9). The molecular formula is C7H12N2O. The lowest BCUT2D eigenvalue weighted by Crippen LogP contribution is -1.95. The second-order valence-corrected chi connectivity index (χ2v) is 2.30. The molecule has 1 aromatic heterocycles. The van der Waals surface area contributed by atoms with E-state index in [0.29, 0.717) is 0 Å². The monoisotopic (exact) mass is 140 g/mol. The molecule has 3 heteroatoms. The number of hydrogen-bond donors (Lipinski definition) is 1. The summed E-state index contributed by atoms with van der Waals surface area (Å²) in [5.74, 6) is 0.930. The molecule has 1 rings (SSSR count). The summed E-state index contributed by atoms with van der Waals surface area (Å²) >= 11 is 0. The van der Waals surface area contributed by atoms with E-state index in [0.717, 1.165) is 11.5 Å². The summed E-state index contributed by atoms with van der Waals surface area (Å²) in [6, 6.07) is 0. The zero-order chi connectivity index (χ0) is 7.56. The molecule has 56 valence electrons. The molecule has 0 aliphatic heterocycles. The lowest BCUT2D eigenvalue weighted by molar-refractivity contribution is 0.116. The summed E-state index contributed by atoms with van der Waals surface area (Å²) in [5, 5.41) is 0. The van der Waals surface area contributed by atoms with Crippen molar-refractivity contribution in [3.8, 4) is 0 Å². The van der Waals surface area contributed by atoms with E-state index in [4.69, 9.17) is 4.74 Å². The van der Waals surface area contributed by atoms with Gasteiger partial charge in [0.2, 0.25) is 0 Å². The molecule has 1 heterocycles. The lowest BCUT2D eigenvalue weighted by Gasteiger charge is -2.04. The number of rotatable bonds is 2. The van der Waals surface area contributed by atoms with Crippen molar-refractivity contribution < 1.29 is 4.74 Å². The van der Waals surface area contributed by atoms with Crippen LogP contribution in [0.3, 0.4) is 0 Å². The molecule has 10 heavy (non-hydrogen) atoms. The van der Waals surface area contributed by atoms with Crippen LogP contribution in [0.15, 0.2) is 6.20 Å². The Bertz CT molecular complexity index is 207. The van der Waals surface area contributed by atoms with Gasteiger partial charge in [0.1, 0.15) is 5.82 Å². The normalized spacial score (nSPS) is 13.5. The molecule has 0 aliphatic rings. The van der Waals surface area contributed by atoms with Crippen molar-refractivity contribution in [2.75, 3.05) is 7.11 Å². The molecule has 0 fully saturated rings. The van der Waals surface area contributed by atoms with Crippen LogP contribution < -0.4 is 0 Å². The van der Waals surface area contributed by atoms with Crippen LogP contribution in [0.25, 0.3) is 0 Å². The van der Waals surface area contributed by atoms with Gasteiger partial charge in [-0.3, -0.25) is 0 Å². The molecule has 1 unspecified atom stereocenters. The number of nitrogens with zero attached hydrogens (tertiary/aromatic N) is 1. The first-order chi connectivity index (χ1) is 4.74. The van der Waals surface area contributed by atoms with Gasteiger partial charge < -0.3 is 9.72 Å². The molecule has 0 aliphatic carbocycles. The van der Waals surface area contributed by atoms with Crippen molar-refractivity contribution in [2.24, 2.45) is 0 Å². The fourth-order valence-electron chi connectivity index (χ4n) is 0.773. The third kappa shape index (κ3) is 1.36. The first kappa shape index (κ1) is 7.28. The highest BCUT2D eigenvalue weighted by Crippen LogP contribution is 2.11. The summed E-state index contributed by atoms with van der Waals surface area (Å²) < 4.78 is 5.08. The van der Waals surface area contributed by atoms with Crippen LogP contribution >= 0.6 is 0 Å². The molecule has 1 atom stereocenters. The fraction of sp³-hybridized carbons (Fsp3) is 0.571. The molecule has 0 amide bonds. The van der Waals surface area contributed by atoms with Crippen LogP contribution in [-0.2, 0) is 4.74 Å². The second kappa shape index (κ2) is 2.84. The molecule has 1 aromatic rings. The van der Waals surface area contributed by atoms with Crippen molar-refractivity contribution in [3.63, 3.8) is 0 Å². The number of hydrogen-bond acceptors (Lipinski definition) is 2. The van der Waals surface area contributed by atoms with Crippen molar-refractivity contribution in [3.05, 3.63) is 17.7 Å². The third-order valence-electron chi connectivity index (χ3n) is 1.51. The zero-order valence-electron chi connectivity index (χ0n) is 6.51. The van der Waals surface area contributed by atoms with Crippen LogP contribution in [-0.4, -0.2) is 17.1 Å². The number of aromatic nitrogens is 2. The lowest BCUT2D eigenvalue weighted by atomic mass is 10.3. The Morgan fingerprint density at radius 2 is 2.40 bits per heavy atom. The van der Waals surface area contributed by atoms with Gasteiger partial charge in [-0.2, -0.15) is 0 Å². The van der Waals surface area contributed by atoms with E-state index in [2.05, 4.69) is 9.97 Å². The number of aromatic amines is 1. The number of aryl methyl sites for hydroxylation is 1. The Morgan fingerprint density at radius 1 is 1.70 bits per heavy atom. The van der Waals surface area contributed by atoms with E-state index in [1.54, 1.807) is 13.3 Å². The minimum atomic E-state index is 0.112. The molecule has 0 saturated heterocycles. The number of H-pyrrole nitrogens is 1. The Kier molecular flexibility index (Phi) is 2.06. The Balaban J connectivity index is 2.74. The molecule has 3 nitrogen and oxygen atoms in total. The first-order valence-electron chi connectivity index (χ1n) is 3.28. The summed E-state index contributed by atoms with van der Waals surface area (Å²) in [6.45, 7) is 3.90. The minimum absolute atomic E-state index is 0.112. The van der Waals surface area contributed by atoms with E-state index in [1.807, 2.05) is 13.8 Å². The van der Waals surface area contributed by atoms with E-state index < -0.39 is 0 Å². The van der Waals surface area contributed by atoms with Crippen LogP contribution in [0.5, 0.6) is 0 Å². The summed E-state index contributed by atoms with van der Waals surface area (Å²) in [7, 11) is 1.68. The highest BCUT2D eigenvalue weighted by atomic mass is 16.5. The molecule has 0 bridgehead atoms. The van der Waals surface area contributed by atoms with Crippen LogP contribution in [0.4, 0.5) is 0 Å². The van der Waals surface area contributed by atoms with Crippen molar-refractivity contribution in [1.29, 1.82) is 0 Å². The zero-order valence-corrected chi connectivity index (χ0v) is 6.51. The molecule has 0 radical (unpaired) electrons. The Hall–Kier alpha value is -0.830. The van der Waals surface area contributed by atoms with Crippen LogP contribution in [0, 0.1) is 6.92 Å². The van der Waals surface area contributed by atoms with Crippen molar-refractivity contribution in [1.82, 2.24) is 9.97 Å². The van der Waals surface area contributed by atoms with Gasteiger partial charge in [0.05, 0.1) is 18.0 Å². The smallest absolute Gasteiger partial charge is 0.103 e. The maximum absolute atomic E-state index is 5.08. The Morgan fingerprint density at radius 3 is 2.80 bits per heavy atom. The topological polar surface area (TPSA) is 37.9 Å². The van der Waals surface area contributed by atoms with E-state index in [1.165, 1.54) is 0 Å². The fourth-order valence-corrected chi connectivity index (χ4v) is 0.773.